The first-order chi connectivity index (χ1) is 11.0. The van der Waals surface area contributed by atoms with Crippen LogP contribution in [0.2, 0.25) is 0 Å². The summed E-state index contributed by atoms with van der Waals surface area (Å²) in [6.07, 6.45) is 0.241. The van der Waals surface area contributed by atoms with Gasteiger partial charge in [0.15, 0.2) is 0 Å². The van der Waals surface area contributed by atoms with Gasteiger partial charge < -0.3 is 10.6 Å². The van der Waals surface area contributed by atoms with Crippen molar-refractivity contribution in [2.75, 3.05) is 11.9 Å². The van der Waals surface area contributed by atoms with Crippen molar-refractivity contribution in [1.82, 2.24) is 5.32 Å². The Morgan fingerprint density at radius 1 is 0.870 bits per heavy atom. The number of hydrogen-bond acceptors (Lipinski definition) is 2. The molecule has 4 nitrogen and oxygen atoms in total. The first-order valence-electron chi connectivity index (χ1n) is 7.69. The highest BCUT2D eigenvalue weighted by Gasteiger charge is 2.10. The number of anilines is 1. The fraction of sp³-hybridized carbons (Fsp3) is 0.263. The van der Waals surface area contributed by atoms with Gasteiger partial charge in [-0.2, -0.15) is 0 Å². The molecule has 0 bridgehead atoms. The number of benzene rings is 2. The van der Waals surface area contributed by atoms with Crippen molar-refractivity contribution < 1.29 is 9.59 Å². The Morgan fingerprint density at radius 2 is 1.48 bits per heavy atom. The van der Waals surface area contributed by atoms with E-state index in [2.05, 4.69) is 10.6 Å². The third-order valence-corrected chi connectivity index (χ3v) is 3.77. The van der Waals surface area contributed by atoms with Gasteiger partial charge in [0.2, 0.25) is 5.91 Å². The van der Waals surface area contributed by atoms with Crippen molar-refractivity contribution in [3.05, 3.63) is 64.7 Å². The summed E-state index contributed by atoms with van der Waals surface area (Å²) in [4.78, 5) is 24.1. The Morgan fingerprint density at radius 3 is 2.13 bits per heavy atom. The Kier molecular flexibility index (Phi) is 5.52. The molecule has 0 spiro atoms. The summed E-state index contributed by atoms with van der Waals surface area (Å²) < 4.78 is 0. The van der Waals surface area contributed by atoms with Crippen molar-refractivity contribution >= 4 is 17.5 Å². The molecule has 0 unspecified atom stereocenters. The van der Waals surface area contributed by atoms with E-state index in [1.54, 1.807) is 6.07 Å². The van der Waals surface area contributed by atoms with E-state index in [0.29, 0.717) is 12.1 Å². The molecule has 2 rings (SSSR count). The van der Waals surface area contributed by atoms with Gasteiger partial charge >= 0.3 is 0 Å². The minimum absolute atomic E-state index is 0.104. The summed E-state index contributed by atoms with van der Waals surface area (Å²) in [6, 6.07) is 13.3. The molecular weight excluding hydrogens is 288 g/mol. The van der Waals surface area contributed by atoms with E-state index < -0.39 is 0 Å². The summed E-state index contributed by atoms with van der Waals surface area (Å²) >= 11 is 0. The van der Waals surface area contributed by atoms with Crippen molar-refractivity contribution in [3.8, 4) is 0 Å². The Labute approximate surface area is 136 Å². The topological polar surface area (TPSA) is 58.2 Å². The quantitative estimate of drug-likeness (QED) is 0.889. The second kappa shape index (κ2) is 7.58. The van der Waals surface area contributed by atoms with Gasteiger partial charge in [-0.05, 0) is 43.5 Å². The molecule has 120 valence electrons. The molecule has 0 radical (unpaired) electrons. The highest BCUT2D eigenvalue weighted by molar-refractivity contribution is 5.96. The smallest absolute Gasteiger partial charge is 0.251 e. The average Bonchev–Trinajstić information content (AvgIpc) is 2.51. The minimum Gasteiger partial charge on any atom is -0.352 e. The lowest BCUT2D eigenvalue weighted by atomic mass is 10.1. The molecule has 4 heteroatoms. The SMILES string of the molecule is Cc1ccccc1C(=O)NCCC(=O)Nc1c(C)cccc1C. The number of hydrogen-bond donors (Lipinski definition) is 2. The number of aryl methyl sites for hydroxylation is 3. The van der Waals surface area contributed by atoms with Crippen LogP contribution >= 0.6 is 0 Å². The molecule has 2 aromatic rings. The van der Waals surface area contributed by atoms with Crippen LogP contribution in [0.4, 0.5) is 5.69 Å². The van der Waals surface area contributed by atoms with Crippen LogP contribution in [-0.2, 0) is 4.79 Å². The number of carbonyl (C=O) groups is 2. The second-order valence-electron chi connectivity index (χ2n) is 5.64. The van der Waals surface area contributed by atoms with Crippen LogP contribution in [0.25, 0.3) is 0 Å². The molecule has 2 amide bonds. The van der Waals surface area contributed by atoms with Gasteiger partial charge in [0, 0.05) is 24.2 Å². The zero-order valence-electron chi connectivity index (χ0n) is 13.8. The van der Waals surface area contributed by atoms with Crippen molar-refractivity contribution in [2.24, 2.45) is 0 Å². The molecule has 0 heterocycles. The molecular formula is C19H22N2O2. The van der Waals surface area contributed by atoms with E-state index in [9.17, 15) is 9.59 Å². The second-order valence-corrected chi connectivity index (χ2v) is 5.64. The van der Waals surface area contributed by atoms with Crippen LogP contribution in [0, 0.1) is 20.8 Å². The van der Waals surface area contributed by atoms with Gasteiger partial charge in [0.05, 0.1) is 0 Å². The fourth-order valence-electron chi connectivity index (χ4n) is 2.43. The zero-order chi connectivity index (χ0) is 16.8. The summed E-state index contributed by atoms with van der Waals surface area (Å²) in [5, 5.41) is 5.70. The van der Waals surface area contributed by atoms with Crippen molar-refractivity contribution in [3.63, 3.8) is 0 Å². The summed E-state index contributed by atoms with van der Waals surface area (Å²) in [5.74, 6) is -0.254. The van der Waals surface area contributed by atoms with Gasteiger partial charge in [-0.3, -0.25) is 9.59 Å². The lowest BCUT2D eigenvalue weighted by Gasteiger charge is -2.12. The van der Waals surface area contributed by atoms with E-state index in [4.69, 9.17) is 0 Å². The summed E-state index contributed by atoms with van der Waals surface area (Å²) in [6.45, 7) is 6.12. The van der Waals surface area contributed by atoms with Gasteiger partial charge in [0.25, 0.3) is 5.91 Å². The molecule has 0 saturated carbocycles. The highest BCUT2D eigenvalue weighted by Crippen LogP contribution is 2.19. The monoisotopic (exact) mass is 310 g/mol. The first-order valence-corrected chi connectivity index (χ1v) is 7.69. The lowest BCUT2D eigenvalue weighted by Crippen LogP contribution is -2.28. The van der Waals surface area contributed by atoms with Gasteiger partial charge in [-0.15, -0.1) is 0 Å². The third-order valence-electron chi connectivity index (χ3n) is 3.77. The molecule has 2 N–H and O–H groups in total. The lowest BCUT2D eigenvalue weighted by molar-refractivity contribution is -0.116. The minimum atomic E-state index is -0.150. The summed E-state index contributed by atoms with van der Waals surface area (Å²) in [7, 11) is 0. The predicted molar refractivity (Wildman–Crippen MR) is 92.7 cm³/mol. The number of rotatable bonds is 5. The molecule has 2 aromatic carbocycles. The number of carbonyl (C=O) groups excluding carboxylic acids is 2. The number of para-hydroxylation sites is 1. The molecule has 0 saturated heterocycles. The molecule has 0 aliphatic carbocycles. The van der Waals surface area contributed by atoms with E-state index in [-0.39, 0.29) is 18.2 Å². The standard InChI is InChI=1S/C19H22N2O2/c1-13-7-4-5-10-16(13)19(23)20-12-11-17(22)21-18-14(2)8-6-9-15(18)3/h4-10H,11-12H2,1-3H3,(H,20,23)(H,21,22). The van der Waals surface area contributed by atoms with Crippen LogP contribution in [0.1, 0.15) is 33.5 Å². The van der Waals surface area contributed by atoms with Gasteiger partial charge in [-0.1, -0.05) is 36.4 Å². The van der Waals surface area contributed by atoms with Crippen LogP contribution in [0.3, 0.4) is 0 Å². The van der Waals surface area contributed by atoms with E-state index in [1.165, 1.54) is 0 Å². The molecule has 0 fully saturated rings. The van der Waals surface area contributed by atoms with Crippen LogP contribution < -0.4 is 10.6 Å². The van der Waals surface area contributed by atoms with E-state index >= 15 is 0 Å². The van der Waals surface area contributed by atoms with Gasteiger partial charge in [0.1, 0.15) is 0 Å². The van der Waals surface area contributed by atoms with Crippen molar-refractivity contribution in [1.29, 1.82) is 0 Å². The Balaban J connectivity index is 1.86. The van der Waals surface area contributed by atoms with E-state index in [0.717, 1.165) is 22.4 Å². The van der Waals surface area contributed by atoms with E-state index in [1.807, 2.05) is 57.2 Å². The van der Waals surface area contributed by atoms with Crippen LogP contribution in [-0.4, -0.2) is 18.4 Å². The first kappa shape index (κ1) is 16.7. The molecule has 0 atom stereocenters. The van der Waals surface area contributed by atoms with Crippen LogP contribution in [0.15, 0.2) is 42.5 Å². The molecule has 0 aliphatic rings. The largest absolute Gasteiger partial charge is 0.352 e. The Bertz CT molecular complexity index is 703. The maximum absolute atomic E-state index is 12.1. The predicted octanol–water partition coefficient (Wildman–Crippen LogP) is 3.37. The van der Waals surface area contributed by atoms with Crippen molar-refractivity contribution in [2.45, 2.75) is 27.2 Å². The number of nitrogens with one attached hydrogen (secondary N) is 2. The molecule has 0 aromatic heterocycles. The normalized spacial score (nSPS) is 10.2. The maximum atomic E-state index is 12.1. The zero-order valence-corrected chi connectivity index (χ0v) is 13.8. The maximum Gasteiger partial charge on any atom is 0.251 e. The molecule has 23 heavy (non-hydrogen) atoms. The highest BCUT2D eigenvalue weighted by atomic mass is 16.2. The molecule has 0 aliphatic heterocycles. The summed E-state index contributed by atoms with van der Waals surface area (Å²) in [5.41, 5.74) is 4.47. The Hall–Kier alpha value is -2.62. The fourth-order valence-corrected chi connectivity index (χ4v) is 2.43. The third kappa shape index (κ3) is 4.42. The van der Waals surface area contributed by atoms with Crippen LogP contribution in [0.5, 0.6) is 0 Å². The number of amides is 2. The average molecular weight is 310 g/mol. The van der Waals surface area contributed by atoms with Gasteiger partial charge in [-0.25, -0.2) is 0 Å².